The van der Waals surface area contributed by atoms with Crippen molar-refractivity contribution in [3.05, 3.63) is 22.7 Å². The van der Waals surface area contributed by atoms with Gasteiger partial charge in [0.25, 0.3) is 0 Å². The van der Waals surface area contributed by atoms with E-state index >= 15 is 0 Å². The molecule has 1 aliphatic heterocycles. The van der Waals surface area contributed by atoms with Gasteiger partial charge in [-0.15, -0.1) is 0 Å². The molecular weight excluding hydrogens is 318 g/mol. The Kier molecular flexibility index (Phi) is 4.29. The van der Waals surface area contributed by atoms with Crippen LogP contribution in [0.5, 0.6) is 5.75 Å². The smallest absolute Gasteiger partial charge is 0.246 e. The molecule has 0 aromatic heterocycles. The van der Waals surface area contributed by atoms with Gasteiger partial charge in [0.1, 0.15) is 10.6 Å². The van der Waals surface area contributed by atoms with Gasteiger partial charge in [-0.25, -0.2) is 8.42 Å². The topological polar surface area (TPSA) is 46.6 Å². The van der Waals surface area contributed by atoms with Gasteiger partial charge in [-0.3, -0.25) is 0 Å². The molecule has 1 aromatic carbocycles. The van der Waals surface area contributed by atoms with Crippen molar-refractivity contribution in [1.29, 1.82) is 0 Å². The van der Waals surface area contributed by atoms with Crippen LogP contribution in [-0.4, -0.2) is 32.4 Å². The average molecular weight is 334 g/mol. The number of halogens is 1. The van der Waals surface area contributed by atoms with Gasteiger partial charge in [0.05, 0.1) is 6.61 Å². The molecule has 0 bridgehead atoms. The first kappa shape index (κ1) is 13.8. The highest BCUT2D eigenvalue weighted by molar-refractivity contribution is 9.10. The minimum atomic E-state index is -3.42. The third-order valence-electron chi connectivity index (χ3n) is 2.89. The minimum Gasteiger partial charge on any atom is -0.492 e. The van der Waals surface area contributed by atoms with Gasteiger partial charge in [-0.05, 0) is 38.0 Å². The van der Waals surface area contributed by atoms with Gasteiger partial charge in [-0.2, -0.15) is 4.31 Å². The van der Waals surface area contributed by atoms with Crippen molar-refractivity contribution in [3.8, 4) is 5.75 Å². The number of benzene rings is 1. The molecule has 4 nitrogen and oxygen atoms in total. The summed E-state index contributed by atoms with van der Waals surface area (Å²) >= 11 is 3.33. The molecule has 100 valence electrons. The standard InChI is InChI=1S/C12H16BrNO3S/c1-2-17-11-9-10(13)5-6-12(11)18(15,16)14-7-3-4-8-14/h5-6,9H,2-4,7-8H2,1H3. The van der Waals surface area contributed by atoms with Crippen LogP contribution in [-0.2, 0) is 10.0 Å². The Morgan fingerprint density at radius 3 is 2.61 bits per heavy atom. The summed E-state index contributed by atoms with van der Waals surface area (Å²) in [5.41, 5.74) is 0. The zero-order valence-corrected chi connectivity index (χ0v) is 12.6. The van der Waals surface area contributed by atoms with Crippen molar-refractivity contribution >= 4 is 26.0 Å². The minimum absolute atomic E-state index is 0.259. The summed E-state index contributed by atoms with van der Waals surface area (Å²) in [6, 6.07) is 5.03. The maximum absolute atomic E-state index is 12.5. The van der Waals surface area contributed by atoms with Crippen LogP contribution in [0.25, 0.3) is 0 Å². The summed E-state index contributed by atoms with van der Waals surface area (Å²) in [5, 5.41) is 0. The van der Waals surface area contributed by atoms with Gasteiger partial charge < -0.3 is 4.74 Å². The van der Waals surface area contributed by atoms with Crippen LogP contribution in [0.15, 0.2) is 27.6 Å². The second-order valence-corrected chi connectivity index (χ2v) is 6.96. The van der Waals surface area contributed by atoms with E-state index in [2.05, 4.69) is 15.9 Å². The van der Waals surface area contributed by atoms with Gasteiger partial charge in [0.2, 0.25) is 10.0 Å². The fourth-order valence-corrected chi connectivity index (χ4v) is 4.00. The number of hydrogen-bond donors (Lipinski definition) is 0. The monoisotopic (exact) mass is 333 g/mol. The van der Waals surface area contributed by atoms with Gasteiger partial charge >= 0.3 is 0 Å². The quantitative estimate of drug-likeness (QED) is 0.850. The first-order valence-corrected chi connectivity index (χ1v) is 8.21. The molecule has 1 aliphatic rings. The molecule has 0 aliphatic carbocycles. The summed E-state index contributed by atoms with van der Waals surface area (Å²) in [5.74, 6) is 0.416. The highest BCUT2D eigenvalue weighted by Gasteiger charge is 2.29. The summed E-state index contributed by atoms with van der Waals surface area (Å²) < 4.78 is 32.7. The molecule has 0 saturated carbocycles. The Morgan fingerprint density at radius 1 is 1.33 bits per heavy atom. The highest BCUT2D eigenvalue weighted by Crippen LogP contribution is 2.31. The third-order valence-corrected chi connectivity index (χ3v) is 5.32. The lowest BCUT2D eigenvalue weighted by atomic mass is 10.3. The molecule has 0 amide bonds. The van der Waals surface area contributed by atoms with Crippen LogP contribution in [0, 0.1) is 0 Å². The van der Waals surface area contributed by atoms with E-state index in [1.165, 1.54) is 4.31 Å². The van der Waals surface area contributed by atoms with E-state index in [4.69, 9.17) is 4.74 Å². The zero-order valence-electron chi connectivity index (χ0n) is 10.2. The van der Waals surface area contributed by atoms with Crippen molar-refractivity contribution in [3.63, 3.8) is 0 Å². The van der Waals surface area contributed by atoms with Crippen molar-refractivity contribution in [2.24, 2.45) is 0 Å². The number of sulfonamides is 1. The lowest BCUT2D eigenvalue weighted by Crippen LogP contribution is -2.28. The Balaban J connectivity index is 2.42. The number of rotatable bonds is 4. The predicted octanol–water partition coefficient (Wildman–Crippen LogP) is 2.63. The number of nitrogens with zero attached hydrogens (tertiary/aromatic N) is 1. The molecule has 0 atom stereocenters. The van der Waals surface area contributed by atoms with Crippen molar-refractivity contribution in [2.75, 3.05) is 19.7 Å². The largest absolute Gasteiger partial charge is 0.492 e. The lowest BCUT2D eigenvalue weighted by molar-refractivity contribution is 0.329. The predicted molar refractivity (Wildman–Crippen MR) is 73.3 cm³/mol. The van der Waals surface area contributed by atoms with Gasteiger partial charge in [0, 0.05) is 17.6 Å². The number of hydrogen-bond acceptors (Lipinski definition) is 3. The molecule has 1 fully saturated rings. The molecule has 2 rings (SSSR count). The van der Waals surface area contributed by atoms with Crippen LogP contribution in [0.1, 0.15) is 19.8 Å². The van der Waals surface area contributed by atoms with Crippen molar-refractivity contribution in [2.45, 2.75) is 24.7 Å². The second kappa shape index (κ2) is 5.59. The summed E-state index contributed by atoms with van der Waals surface area (Å²) in [7, 11) is -3.42. The zero-order chi connectivity index (χ0) is 13.2. The molecule has 0 spiro atoms. The van der Waals surface area contributed by atoms with E-state index in [-0.39, 0.29) is 4.90 Å². The third kappa shape index (κ3) is 2.70. The van der Waals surface area contributed by atoms with Crippen LogP contribution < -0.4 is 4.74 Å². The summed E-state index contributed by atoms with van der Waals surface area (Å²) in [4.78, 5) is 0.259. The van der Waals surface area contributed by atoms with Crippen LogP contribution >= 0.6 is 15.9 Å². The molecule has 1 saturated heterocycles. The summed E-state index contributed by atoms with van der Waals surface area (Å²) in [6.07, 6.45) is 1.86. The maximum Gasteiger partial charge on any atom is 0.246 e. The Bertz CT molecular complexity index is 524. The molecule has 0 radical (unpaired) electrons. The van der Waals surface area contributed by atoms with Crippen LogP contribution in [0.3, 0.4) is 0 Å². The van der Waals surface area contributed by atoms with Crippen LogP contribution in [0.2, 0.25) is 0 Å². The first-order chi connectivity index (χ1) is 8.55. The second-order valence-electron chi connectivity index (χ2n) is 4.14. The molecular formula is C12H16BrNO3S. The molecule has 1 heterocycles. The number of ether oxygens (including phenoxy) is 1. The highest BCUT2D eigenvalue weighted by atomic mass is 79.9. The lowest BCUT2D eigenvalue weighted by Gasteiger charge is -2.18. The molecule has 0 unspecified atom stereocenters. The van der Waals surface area contributed by atoms with E-state index in [9.17, 15) is 8.42 Å². The summed E-state index contributed by atoms with van der Waals surface area (Å²) in [6.45, 7) is 3.49. The van der Waals surface area contributed by atoms with E-state index in [1.54, 1.807) is 18.2 Å². The van der Waals surface area contributed by atoms with E-state index < -0.39 is 10.0 Å². The van der Waals surface area contributed by atoms with Gasteiger partial charge in [0.15, 0.2) is 0 Å². The fourth-order valence-electron chi connectivity index (χ4n) is 2.03. The molecule has 1 aromatic rings. The Labute approximate surface area is 116 Å². The van der Waals surface area contributed by atoms with E-state index in [1.807, 2.05) is 6.92 Å². The van der Waals surface area contributed by atoms with E-state index in [0.717, 1.165) is 17.3 Å². The Morgan fingerprint density at radius 2 is 2.00 bits per heavy atom. The fraction of sp³-hybridized carbons (Fsp3) is 0.500. The molecule has 0 N–H and O–H groups in total. The van der Waals surface area contributed by atoms with E-state index in [0.29, 0.717) is 25.4 Å². The Hall–Kier alpha value is -0.590. The average Bonchev–Trinajstić information content (AvgIpc) is 2.83. The van der Waals surface area contributed by atoms with Gasteiger partial charge in [-0.1, -0.05) is 15.9 Å². The van der Waals surface area contributed by atoms with Crippen molar-refractivity contribution < 1.29 is 13.2 Å². The van der Waals surface area contributed by atoms with Crippen molar-refractivity contribution in [1.82, 2.24) is 4.31 Å². The normalized spacial score (nSPS) is 17.0. The maximum atomic E-state index is 12.5. The molecule has 18 heavy (non-hydrogen) atoms. The first-order valence-electron chi connectivity index (χ1n) is 5.98. The molecule has 6 heteroatoms. The van der Waals surface area contributed by atoms with Crippen LogP contribution in [0.4, 0.5) is 0 Å². The SMILES string of the molecule is CCOc1cc(Br)ccc1S(=O)(=O)N1CCCC1.